The Morgan fingerprint density at radius 1 is 1.14 bits per heavy atom. The van der Waals surface area contributed by atoms with Crippen molar-refractivity contribution in [2.45, 2.75) is 6.92 Å². The van der Waals surface area contributed by atoms with Gasteiger partial charge in [0.05, 0.1) is 6.21 Å². The second kappa shape index (κ2) is 10.1. The van der Waals surface area contributed by atoms with E-state index in [-0.39, 0.29) is 12.5 Å². The first-order valence-electron chi connectivity index (χ1n) is 8.23. The van der Waals surface area contributed by atoms with Gasteiger partial charge in [-0.25, -0.2) is 5.43 Å². The Labute approximate surface area is 166 Å². The van der Waals surface area contributed by atoms with E-state index in [0.29, 0.717) is 22.0 Å². The monoisotopic (exact) mass is 402 g/mol. The number of nitrogens with zero attached hydrogens (tertiary/aromatic N) is 1. The number of amides is 3. The fourth-order valence-corrected chi connectivity index (χ4v) is 2.23. The summed E-state index contributed by atoms with van der Waals surface area (Å²) >= 11 is 6.04. The van der Waals surface area contributed by atoms with Gasteiger partial charge in [0.1, 0.15) is 5.75 Å². The molecule has 0 aromatic heterocycles. The number of likely N-dealkylation sites (N-methyl/N-ethyl adjacent to an activating group) is 1. The van der Waals surface area contributed by atoms with Crippen molar-refractivity contribution < 1.29 is 19.1 Å². The third-order valence-corrected chi connectivity index (χ3v) is 3.94. The van der Waals surface area contributed by atoms with Crippen molar-refractivity contribution in [3.05, 3.63) is 58.6 Å². The van der Waals surface area contributed by atoms with E-state index in [4.69, 9.17) is 16.3 Å². The van der Waals surface area contributed by atoms with E-state index in [1.54, 1.807) is 42.5 Å². The van der Waals surface area contributed by atoms with Crippen molar-refractivity contribution in [3.8, 4) is 5.75 Å². The minimum Gasteiger partial charge on any atom is -0.483 e. The smallest absolute Gasteiger partial charge is 0.329 e. The van der Waals surface area contributed by atoms with Crippen molar-refractivity contribution in [2.24, 2.45) is 5.10 Å². The molecule has 0 heterocycles. The first kappa shape index (κ1) is 20.9. The molecule has 0 aliphatic heterocycles. The summed E-state index contributed by atoms with van der Waals surface area (Å²) in [7, 11) is 1.34. The minimum atomic E-state index is -0.895. The lowest BCUT2D eigenvalue weighted by atomic mass is 10.2. The normalized spacial score (nSPS) is 10.4. The number of hydrogen-bond acceptors (Lipinski definition) is 5. The van der Waals surface area contributed by atoms with Crippen LogP contribution in [0.1, 0.15) is 11.1 Å². The maximum atomic E-state index is 12.1. The molecule has 0 spiro atoms. The van der Waals surface area contributed by atoms with Crippen LogP contribution in [0.2, 0.25) is 5.02 Å². The zero-order valence-corrected chi connectivity index (χ0v) is 16.0. The van der Waals surface area contributed by atoms with Crippen LogP contribution in [-0.2, 0) is 14.4 Å². The van der Waals surface area contributed by atoms with Crippen LogP contribution < -0.4 is 20.8 Å². The first-order valence-corrected chi connectivity index (χ1v) is 8.61. The number of halogens is 1. The van der Waals surface area contributed by atoms with Crippen LogP contribution in [0.15, 0.2) is 47.6 Å². The van der Waals surface area contributed by atoms with Gasteiger partial charge in [-0.15, -0.1) is 0 Å². The maximum Gasteiger partial charge on any atom is 0.329 e. The summed E-state index contributed by atoms with van der Waals surface area (Å²) in [6.45, 7) is 1.63. The number of para-hydroxylation sites is 1. The van der Waals surface area contributed by atoms with Gasteiger partial charge in [0, 0.05) is 23.3 Å². The number of ether oxygens (including phenoxy) is 1. The van der Waals surface area contributed by atoms with Crippen molar-refractivity contribution in [1.82, 2.24) is 10.7 Å². The van der Waals surface area contributed by atoms with E-state index >= 15 is 0 Å². The molecule has 0 aliphatic rings. The molecule has 146 valence electrons. The van der Waals surface area contributed by atoms with Gasteiger partial charge in [-0.1, -0.05) is 29.8 Å². The maximum absolute atomic E-state index is 12.1. The van der Waals surface area contributed by atoms with Gasteiger partial charge >= 0.3 is 11.8 Å². The highest BCUT2D eigenvalue weighted by Gasteiger charge is 2.10. The van der Waals surface area contributed by atoms with Crippen LogP contribution in [0.25, 0.3) is 0 Å². The summed E-state index contributed by atoms with van der Waals surface area (Å²) in [5, 5.41) is 9.13. The van der Waals surface area contributed by atoms with E-state index in [0.717, 1.165) is 5.56 Å². The molecule has 0 atom stereocenters. The van der Waals surface area contributed by atoms with E-state index in [2.05, 4.69) is 21.2 Å². The van der Waals surface area contributed by atoms with Crippen LogP contribution in [0.4, 0.5) is 5.69 Å². The molecule has 2 aromatic rings. The summed E-state index contributed by atoms with van der Waals surface area (Å²) < 4.78 is 5.52. The zero-order valence-electron chi connectivity index (χ0n) is 15.3. The number of carbonyl (C=O) groups excluding carboxylic acids is 3. The predicted octanol–water partition coefficient (Wildman–Crippen LogP) is 1.86. The third kappa shape index (κ3) is 6.10. The second-order valence-electron chi connectivity index (χ2n) is 5.62. The molecule has 0 saturated carbocycles. The third-order valence-electron chi connectivity index (χ3n) is 3.54. The van der Waals surface area contributed by atoms with Gasteiger partial charge < -0.3 is 15.4 Å². The van der Waals surface area contributed by atoms with Gasteiger partial charge in [0.15, 0.2) is 6.61 Å². The van der Waals surface area contributed by atoms with Gasteiger partial charge in [-0.3, -0.25) is 14.4 Å². The average Bonchev–Trinajstić information content (AvgIpc) is 2.69. The number of nitrogens with one attached hydrogen (secondary N) is 3. The van der Waals surface area contributed by atoms with Crippen LogP contribution >= 0.6 is 11.6 Å². The molecule has 3 amide bonds. The number of benzene rings is 2. The van der Waals surface area contributed by atoms with Crippen molar-refractivity contribution in [2.75, 3.05) is 19.0 Å². The van der Waals surface area contributed by atoms with Crippen LogP contribution in [0.5, 0.6) is 5.75 Å². The Bertz CT molecular complexity index is 915. The van der Waals surface area contributed by atoms with E-state index in [1.165, 1.54) is 13.3 Å². The van der Waals surface area contributed by atoms with Gasteiger partial charge in [-0.2, -0.15) is 5.10 Å². The van der Waals surface area contributed by atoms with E-state index in [1.807, 2.05) is 6.92 Å². The number of anilines is 1. The summed E-state index contributed by atoms with van der Waals surface area (Å²) in [6.07, 6.45) is 1.31. The highest BCUT2D eigenvalue weighted by atomic mass is 35.5. The molecule has 2 rings (SSSR count). The molecule has 8 nitrogen and oxygen atoms in total. The Hall–Kier alpha value is -3.39. The quantitative estimate of drug-likeness (QED) is 0.389. The minimum absolute atomic E-state index is 0.235. The number of aryl methyl sites for hydroxylation is 1. The number of carbonyl (C=O) groups is 3. The Morgan fingerprint density at radius 2 is 1.89 bits per heavy atom. The van der Waals surface area contributed by atoms with Gasteiger partial charge in [0.2, 0.25) is 0 Å². The summed E-state index contributed by atoms with van der Waals surface area (Å²) in [4.78, 5) is 34.6. The lowest BCUT2D eigenvalue weighted by Crippen LogP contribution is -2.35. The molecule has 0 radical (unpaired) electrons. The molecule has 2 aromatic carbocycles. The fourth-order valence-electron chi connectivity index (χ4n) is 2.05. The summed E-state index contributed by atoms with van der Waals surface area (Å²) in [6, 6.07) is 12.0. The molecule has 3 N–H and O–H groups in total. The van der Waals surface area contributed by atoms with E-state index in [9.17, 15) is 14.4 Å². The molecule has 0 saturated heterocycles. The SMILES string of the molecule is CNC(=O)C(=O)N/N=C\c1ccccc1OCC(=O)Nc1ccc(C)c(Cl)c1. The average molecular weight is 403 g/mol. The van der Waals surface area contributed by atoms with Crippen LogP contribution in [0.3, 0.4) is 0 Å². The van der Waals surface area contributed by atoms with Crippen molar-refractivity contribution >= 4 is 41.2 Å². The Kier molecular flexibility index (Phi) is 7.53. The molecule has 0 fully saturated rings. The summed E-state index contributed by atoms with van der Waals surface area (Å²) in [5.41, 5.74) is 4.08. The lowest BCUT2D eigenvalue weighted by Gasteiger charge is -2.10. The summed E-state index contributed by atoms with van der Waals surface area (Å²) in [5.74, 6) is -1.68. The van der Waals surface area contributed by atoms with Crippen molar-refractivity contribution in [3.63, 3.8) is 0 Å². The Morgan fingerprint density at radius 3 is 2.61 bits per heavy atom. The number of rotatable bonds is 6. The Balaban J connectivity index is 1.95. The van der Waals surface area contributed by atoms with Crippen LogP contribution in [-0.4, -0.2) is 37.6 Å². The predicted molar refractivity (Wildman–Crippen MR) is 107 cm³/mol. The highest BCUT2D eigenvalue weighted by Crippen LogP contribution is 2.20. The largest absolute Gasteiger partial charge is 0.483 e. The lowest BCUT2D eigenvalue weighted by molar-refractivity contribution is -0.138. The topological polar surface area (TPSA) is 109 Å². The van der Waals surface area contributed by atoms with E-state index < -0.39 is 11.8 Å². The molecular formula is C19H19ClN4O4. The van der Waals surface area contributed by atoms with Crippen LogP contribution in [0, 0.1) is 6.92 Å². The zero-order chi connectivity index (χ0) is 20.5. The molecular weight excluding hydrogens is 384 g/mol. The van der Waals surface area contributed by atoms with Crippen molar-refractivity contribution in [1.29, 1.82) is 0 Å². The van der Waals surface area contributed by atoms with Gasteiger partial charge in [-0.05, 0) is 36.8 Å². The molecule has 0 bridgehead atoms. The standard InChI is InChI=1S/C19H19ClN4O4/c1-12-7-8-14(9-15(12)20)23-17(25)11-28-16-6-4-3-5-13(16)10-22-24-19(27)18(26)21-2/h3-10H,11H2,1-2H3,(H,21,26)(H,23,25)(H,24,27)/b22-10-. The number of hydrazone groups is 1. The highest BCUT2D eigenvalue weighted by molar-refractivity contribution is 6.35. The fraction of sp³-hybridized carbons (Fsp3) is 0.158. The molecule has 28 heavy (non-hydrogen) atoms. The second-order valence-corrected chi connectivity index (χ2v) is 6.02. The molecule has 0 unspecified atom stereocenters. The number of hydrogen-bond donors (Lipinski definition) is 3. The molecule has 9 heteroatoms. The first-order chi connectivity index (χ1) is 13.4. The van der Waals surface area contributed by atoms with Gasteiger partial charge in [0.25, 0.3) is 5.91 Å². The molecule has 0 aliphatic carbocycles.